The molecule has 1 spiro atoms. The number of nitrogens with zero attached hydrogens (tertiary/aromatic N) is 4. The molecule has 0 bridgehead atoms. The summed E-state index contributed by atoms with van der Waals surface area (Å²) in [5.41, 5.74) is 3.82. The van der Waals surface area contributed by atoms with Crippen LogP contribution in [0.15, 0.2) is 30.4 Å². The molecule has 2 aromatic rings. The Bertz CT molecular complexity index is 1230. The first-order chi connectivity index (χ1) is 18.1. The molecule has 0 saturated carbocycles. The summed E-state index contributed by atoms with van der Waals surface area (Å²) in [5.74, 6) is 0.929. The molecule has 2 fully saturated rings. The normalized spacial score (nSPS) is 30.9. The first-order valence-corrected chi connectivity index (χ1v) is 14.2. The van der Waals surface area contributed by atoms with Gasteiger partial charge in [0.15, 0.2) is 0 Å². The molecule has 3 atom stereocenters. The SMILES string of the molecule is F[C@H]1CN2CCC[C@@]2(COc2nc3c(c(N4CCC=CCC4)n2)COC2(CCc4c(Cl)cccc42)C3)C1. The molecule has 0 N–H and O–H groups in total. The first kappa shape index (κ1) is 23.9. The fourth-order valence-corrected chi connectivity index (χ4v) is 7.62. The average molecular weight is 525 g/mol. The third kappa shape index (κ3) is 4.05. The van der Waals surface area contributed by atoms with Crippen molar-refractivity contribution in [2.45, 2.75) is 75.3 Å². The lowest BCUT2D eigenvalue weighted by Crippen LogP contribution is -2.43. The number of hydrogen-bond donors (Lipinski definition) is 0. The van der Waals surface area contributed by atoms with Crippen LogP contribution in [0.25, 0.3) is 0 Å². The molecule has 0 radical (unpaired) electrons. The summed E-state index contributed by atoms with van der Waals surface area (Å²) in [6.45, 7) is 4.19. The number of ether oxygens (including phenoxy) is 2. The Morgan fingerprint density at radius 2 is 1.97 bits per heavy atom. The molecule has 1 aromatic heterocycles. The zero-order valence-electron chi connectivity index (χ0n) is 21.2. The van der Waals surface area contributed by atoms with Gasteiger partial charge in [-0.3, -0.25) is 4.90 Å². The minimum Gasteiger partial charge on any atom is -0.461 e. The molecule has 1 aliphatic carbocycles. The zero-order chi connectivity index (χ0) is 25.0. The number of aromatic nitrogens is 2. The number of hydrogen-bond acceptors (Lipinski definition) is 6. The van der Waals surface area contributed by atoms with Crippen molar-refractivity contribution in [1.82, 2.24) is 14.9 Å². The lowest BCUT2D eigenvalue weighted by Gasteiger charge is -2.37. The van der Waals surface area contributed by atoms with Crippen LogP contribution in [0.4, 0.5) is 10.2 Å². The van der Waals surface area contributed by atoms with E-state index in [1.165, 1.54) is 11.1 Å². The highest BCUT2D eigenvalue weighted by Crippen LogP contribution is 2.49. The summed E-state index contributed by atoms with van der Waals surface area (Å²) in [6, 6.07) is 6.55. The molecule has 7 rings (SSSR count). The number of alkyl halides is 1. The van der Waals surface area contributed by atoms with Crippen LogP contribution >= 0.6 is 11.6 Å². The van der Waals surface area contributed by atoms with Gasteiger partial charge in [0.05, 0.1) is 23.4 Å². The lowest BCUT2D eigenvalue weighted by atomic mass is 9.87. The average Bonchev–Trinajstić information content (AvgIpc) is 3.44. The molecule has 8 heteroatoms. The summed E-state index contributed by atoms with van der Waals surface area (Å²) >= 11 is 6.55. The van der Waals surface area contributed by atoms with Crippen LogP contribution in [0.2, 0.25) is 5.02 Å². The van der Waals surface area contributed by atoms with Crippen molar-refractivity contribution >= 4 is 17.4 Å². The highest BCUT2D eigenvalue weighted by Gasteiger charge is 2.50. The van der Waals surface area contributed by atoms with Gasteiger partial charge < -0.3 is 14.4 Å². The lowest BCUT2D eigenvalue weighted by molar-refractivity contribution is -0.0730. The van der Waals surface area contributed by atoms with E-state index in [1.807, 2.05) is 12.1 Å². The Kier molecular flexibility index (Phi) is 5.94. The zero-order valence-corrected chi connectivity index (χ0v) is 22.0. The van der Waals surface area contributed by atoms with Crippen molar-refractivity contribution < 1.29 is 13.9 Å². The van der Waals surface area contributed by atoms with Gasteiger partial charge >= 0.3 is 6.01 Å². The Morgan fingerprint density at radius 1 is 1.11 bits per heavy atom. The number of benzene rings is 1. The van der Waals surface area contributed by atoms with Crippen LogP contribution < -0.4 is 9.64 Å². The largest absolute Gasteiger partial charge is 0.461 e. The Morgan fingerprint density at radius 3 is 2.84 bits per heavy atom. The minimum absolute atomic E-state index is 0.225. The third-order valence-electron chi connectivity index (χ3n) is 9.21. The van der Waals surface area contributed by atoms with Gasteiger partial charge in [-0.15, -0.1) is 0 Å². The van der Waals surface area contributed by atoms with Crippen molar-refractivity contribution in [3.05, 3.63) is 57.8 Å². The van der Waals surface area contributed by atoms with Crippen LogP contribution in [0, 0.1) is 0 Å². The molecule has 1 aromatic carbocycles. The Balaban J connectivity index is 1.23. The van der Waals surface area contributed by atoms with Gasteiger partial charge in [0, 0.05) is 43.1 Å². The highest BCUT2D eigenvalue weighted by atomic mass is 35.5. The Hall–Kier alpha value is -2.22. The van der Waals surface area contributed by atoms with Crippen LogP contribution in [0.3, 0.4) is 0 Å². The molecular weight excluding hydrogens is 491 g/mol. The number of halogens is 2. The smallest absolute Gasteiger partial charge is 0.318 e. The molecular formula is C29H34ClFN4O2. The van der Waals surface area contributed by atoms with Gasteiger partial charge in [-0.25, -0.2) is 4.39 Å². The molecule has 37 heavy (non-hydrogen) atoms. The Labute approximate surface area is 222 Å². The van der Waals surface area contributed by atoms with Crippen molar-refractivity contribution in [2.75, 3.05) is 37.7 Å². The van der Waals surface area contributed by atoms with Crippen molar-refractivity contribution in [3.63, 3.8) is 0 Å². The molecule has 1 unspecified atom stereocenters. The van der Waals surface area contributed by atoms with Gasteiger partial charge in [-0.05, 0) is 62.3 Å². The maximum Gasteiger partial charge on any atom is 0.318 e. The molecule has 4 aliphatic heterocycles. The van der Waals surface area contributed by atoms with Crippen molar-refractivity contribution in [1.29, 1.82) is 0 Å². The van der Waals surface area contributed by atoms with Gasteiger partial charge in [-0.2, -0.15) is 9.97 Å². The summed E-state index contributed by atoms with van der Waals surface area (Å²) in [7, 11) is 0. The minimum atomic E-state index is -0.778. The van der Waals surface area contributed by atoms with Crippen LogP contribution in [-0.4, -0.2) is 59.4 Å². The molecule has 196 valence electrons. The summed E-state index contributed by atoms with van der Waals surface area (Å²) < 4.78 is 27.4. The number of anilines is 1. The van der Waals surface area contributed by atoms with E-state index in [4.69, 9.17) is 31.0 Å². The van der Waals surface area contributed by atoms with E-state index in [0.717, 1.165) is 80.3 Å². The maximum absolute atomic E-state index is 14.3. The number of fused-ring (bicyclic) bond motifs is 4. The molecule has 5 aliphatic rings. The maximum atomic E-state index is 14.3. The summed E-state index contributed by atoms with van der Waals surface area (Å²) in [6.07, 6.45) is 10.8. The molecule has 5 heterocycles. The predicted octanol–water partition coefficient (Wildman–Crippen LogP) is 5.16. The van der Waals surface area contributed by atoms with Crippen LogP contribution in [0.1, 0.15) is 60.9 Å². The fraction of sp³-hybridized carbons (Fsp3) is 0.586. The first-order valence-electron chi connectivity index (χ1n) is 13.8. The van der Waals surface area contributed by atoms with Crippen LogP contribution in [0.5, 0.6) is 6.01 Å². The van der Waals surface area contributed by atoms with Gasteiger partial charge in [0.1, 0.15) is 18.6 Å². The van der Waals surface area contributed by atoms with E-state index in [2.05, 4.69) is 28.0 Å². The molecule has 0 amide bonds. The second kappa shape index (κ2) is 9.21. The standard InChI is InChI=1S/C29H34ClFN4O2/c30-24-8-5-7-23-21(24)9-11-29(23)16-25-22(18-37-29)26(34-12-3-1-2-4-13-34)33-27(32-25)36-19-28-10-6-14-35(28)17-20(31)15-28/h1-2,5,7-8,20H,3-4,6,9-19H2/t20-,28+,29?/m1/s1. The van der Waals surface area contributed by atoms with E-state index in [-0.39, 0.29) is 5.54 Å². The summed E-state index contributed by atoms with van der Waals surface area (Å²) in [4.78, 5) is 14.6. The number of rotatable bonds is 4. The van der Waals surface area contributed by atoms with Crippen molar-refractivity contribution in [2.24, 2.45) is 0 Å². The monoisotopic (exact) mass is 524 g/mol. The second-order valence-corrected chi connectivity index (χ2v) is 11.8. The van der Waals surface area contributed by atoms with Crippen LogP contribution in [-0.2, 0) is 29.8 Å². The van der Waals surface area contributed by atoms with Gasteiger partial charge in [-0.1, -0.05) is 35.9 Å². The summed E-state index contributed by atoms with van der Waals surface area (Å²) in [5, 5.41) is 0.816. The van der Waals surface area contributed by atoms with E-state index < -0.39 is 11.8 Å². The van der Waals surface area contributed by atoms with Gasteiger partial charge in [0.2, 0.25) is 0 Å². The topological polar surface area (TPSA) is 50.7 Å². The third-order valence-corrected chi connectivity index (χ3v) is 9.57. The fourth-order valence-electron chi connectivity index (χ4n) is 7.35. The molecule has 6 nitrogen and oxygen atoms in total. The quantitative estimate of drug-likeness (QED) is 0.515. The highest BCUT2D eigenvalue weighted by molar-refractivity contribution is 6.31. The second-order valence-electron chi connectivity index (χ2n) is 11.4. The molecule has 2 saturated heterocycles. The van der Waals surface area contributed by atoms with E-state index in [1.54, 1.807) is 0 Å². The van der Waals surface area contributed by atoms with E-state index in [9.17, 15) is 4.39 Å². The van der Waals surface area contributed by atoms with E-state index >= 15 is 0 Å². The van der Waals surface area contributed by atoms with E-state index in [0.29, 0.717) is 38.6 Å². The predicted molar refractivity (Wildman–Crippen MR) is 141 cm³/mol. The van der Waals surface area contributed by atoms with Crippen molar-refractivity contribution in [3.8, 4) is 6.01 Å². The van der Waals surface area contributed by atoms with Gasteiger partial charge in [0.25, 0.3) is 0 Å².